The van der Waals surface area contributed by atoms with E-state index in [9.17, 15) is 5.11 Å². The van der Waals surface area contributed by atoms with Crippen LogP contribution in [0.2, 0.25) is 0 Å². The number of piperidine rings is 1. The zero-order valence-corrected chi connectivity index (χ0v) is 11.0. The van der Waals surface area contributed by atoms with Crippen LogP contribution in [0.5, 0.6) is 0 Å². The van der Waals surface area contributed by atoms with E-state index in [1.165, 1.54) is 19.4 Å². The normalized spacial score (nSPS) is 29.2. The second-order valence-corrected chi connectivity index (χ2v) is 5.77. The smallest absolute Gasteiger partial charge is 0.137 e. The fourth-order valence-corrected chi connectivity index (χ4v) is 3.24. The van der Waals surface area contributed by atoms with Crippen LogP contribution in [-0.4, -0.2) is 51.5 Å². The van der Waals surface area contributed by atoms with Crippen LogP contribution in [0.25, 0.3) is 0 Å². The van der Waals surface area contributed by atoms with Gasteiger partial charge in [-0.3, -0.25) is 0 Å². The van der Waals surface area contributed by atoms with Crippen LogP contribution >= 0.6 is 0 Å². The Morgan fingerprint density at radius 1 is 1.28 bits per heavy atom. The van der Waals surface area contributed by atoms with E-state index >= 15 is 0 Å². The molecule has 100 valence electrons. The molecule has 2 unspecified atom stereocenters. The fourth-order valence-electron chi connectivity index (χ4n) is 3.24. The summed E-state index contributed by atoms with van der Waals surface area (Å²) in [6, 6.07) is 0. The van der Waals surface area contributed by atoms with Crippen LogP contribution in [0.3, 0.4) is 0 Å². The number of aromatic nitrogens is 3. The molecule has 5 heteroatoms. The van der Waals surface area contributed by atoms with E-state index in [-0.39, 0.29) is 6.61 Å². The average Bonchev–Trinajstić information content (AvgIpc) is 2.81. The summed E-state index contributed by atoms with van der Waals surface area (Å²) in [6.07, 6.45) is 4.46. The number of nitrogens with zero attached hydrogens (tertiary/aromatic N) is 4. The highest BCUT2D eigenvalue weighted by Gasteiger charge is 2.28. The lowest BCUT2D eigenvalue weighted by molar-refractivity contribution is 0.185. The quantitative estimate of drug-likeness (QED) is 0.837. The number of fused-ring (bicyclic) bond motifs is 1. The first-order chi connectivity index (χ1) is 8.78. The molecule has 1 aromatic rings. The minimum absolute atomic E-state index is 0.279. The van der Waals surface area contributed by atoms with Gasteiger partial charge in [0.2, 0.25) is 0 Å². The van der Waals surface area contributed by atoms with Crippen molar-refractivity contribution in [2.75, 3.05) is 26.7 Å². The Kier molecular flexibility index (Phi) is 3.35. The molecule has 0 saturated carbocycles. The lowest BCUT2D eigenvalue weighted by atomic mass is 9.95. The van der Waals surface area contributed by atoms with E-state index in [1.807, 2.05) is 0 Å². The third-order valence-corrected chi connectivity index (χ3v) is 4.32. The van der Waals surface area contributed by atoms with Gasteiger partial charge in [-0.15, -0.1) is 10.2 Å². The Morgan fingerprint density at radius 2 is 2.17 bits per heavy atom. The number of aryl methyl sites for hydroxylation is 1. The van der Waals surface area contributed by atoms with Crippen molar-refractivity contribution >= 4 is 0 Å². The second kappa shape index (κ2) is 4.97. The maximum atomic E-state index is 9.34. The molecule has 0 spiro atoms. The van der Waals surface area contributed by atoms with Gasteiger partial charge in [0.25, 0.3) is 0 Å². The number of hydrogen-bond acceptors (Lipinski definition) is 4. The van der Waals surface area contributed by atoms with Gasteiger partial charge in [0.05, 0.1) is 0 Å². The summed E-state index contributed by atoms with van der Waals surface area (Å²) < 4.78 is 2.27. The first-order valence-corrected chi connectivity index (χ1v) is 6.99. The number of aliphatic hydroxyl groups excluding tert-OH is 1. The average molecular weight is 250 g/mol. The van der Waals surface area contributed by atoms with Crippen molar-refractivity contribution in [1.29, 1.82) is 0 Å². The van der Waals surface area contributed by atoms with E-state index in [0.717, 1.165) is 37.6 Å². The molecule has 0 aromatic carbocycles. The van der Waals surface area contributed by atoms with Crippen molar-refractivity contribution in [3.8, 4) is 0 Å². The molecule has 1 saturated heterocycles. The Labute approximate surface area is 108 Å². The predicted molar refractivity (Wildman–Crippen MR) is 68.4 cm³/mol. The summed E-state index contributed by atoms with van der Waals surface area (Å²) in [4.78, 5) is 2.38. The van der Waals surface area contributed by atoms with Gasteiger partial charge in [0.1, 0.15) is 11.6 Å². The SMILES string of the molecule is CN1CCCC(c2nnc3n2CC(CO)CC3)C1. The molecule has 3 rings (SSSR count). The molecule has 2 aliphatic rings. The van der Waals surface area contributed by atoms with Gasteiger partial charge < -0.3 is 14.6 Å². The van der Waals surface area contributed by atoms with Crippen molar-refractivity contribution in [2.24, 2.45) is 5.92 Å². The number of aliphatic hydroxyl groups is 1. The van der Waals surface area contributed by atoms with Crippen molar-refractivity contribution in [3.63, 3.8) is 0 Å². The fraction of sp³-hybridized carbons (Fsp3) is 0.846. The first kappa shape index (κ1) is 12.1. The summed E-state index contributed by atoms with van der Waals surface area (Å²) in [7, 11) is 2.18. The predicted octanol–water partition coefficient (Wildman–Crippen LogP) is 0.642. The molecule has 1 aromatic heterocycles. The molecular weight excluding hydrogens is 228 g/mol. The Bertz CT molecular complexity index is 417. The number of hydrogen-bond donors (Lipinski definition) is 1. The van der Waals surface area contributed by atoms with Crippen LogP contribution in [0.4, 0.5) is 0 Å². The molecule has 0 bridgehead atoms. The van der Waals surface area contributed by atoms with Gasteiger partial charge in [0.15, 0.2) is 0 Å². The van der Waals surface area contributed by atoms with Crippen LogP contribution in [-0.2, 0) is 13.0 Å². The molecule has 18 heavy (non-hydrogen) atoms. The number of rotatable bonds is 2. The van der Waals surface area contributed by atoms with Crippen molar-refractivity contribution in [3.05, 3.63) is 11.6 Å². The van der Waals surface area contributed by atoms with E-state index in [0.29, 0.717) is 11.8 Å². The van der Waals surface area contributed by atoms with Crippen LogP contribution in [0.15, 0.2) is 0 Å². The van der Waals surface area contributed by atoms with E-state index in [2.05, 4.69) is 26.7 Å². The van der Waals surface area contributed by atoms with Crippen molar-refractivity contribution in [1.82, 2.24) is 19.7 Å². The zero-order chi connectivity index (χ0) is 12.5. The lowest BCUT2D eigenvalue weighted by Crippen LogP contribution is -2.33. The second-order valence-electron chi connectivity index (χ2n) is 5.77. The van der Waals surface area contributed by atoms with Gasteiger partial charge in [-0.25, -0.2) is 0 Å². The van der Waals surface area contributed by atoms with E-state index < -0.39 is 0 Å². The Balaban J connectivity index is 1.83. The summed E-state index contributed by atoms with van der Waals surface area (Å²) in [5, 5.41) is 18.1. The molecule has 2 atom stereocenters. The highest BCUT2D eigenvalue weighted by atomic mass is 16.3. The van der Waals surface area contributed by atoms with Gasteiger partial charge in [-0.1, -0.05) is 0 Å². The minimum Gasteiger partial charge on any atom is -0.396 e. The molecule has 0 aliphatic carbocycles. The minimum atomic E-state index is 0.279. The van der Waals surface area contributed by atoms with Gasteiger partial charge >= 0.3 is 0 Å². The lowest BCUT2D eigenvalue weighted by Gasteiger charge is -2.30. The topological polar surface area (TPSA) is 54.2 Å². The van der Waals surface area contributed by atoms with E-state index in [1.54, 1.807) is 0 Å². The van der Waals surface area contributed by atoms with E-state index in [4.69, 9.17) is 0 Å². The number of likely N-dealkylation sites (N-methyl/N-ethyl adjacent to an activating group) is 1. The molecular formula is C13H22N4O. The first-order valence-electron chi connectivity index (χ1n) is 6.99. The van der Waals surface area contributed by atoms with Crippen molar-refractivity contribution in [2.45, 2.75) is 38.1 Å². The standard InChI is InChI=1S/C13H22N4O/c1-16-6-2-3-11(8-16)13-15-14-12-5-4-10(9-18)7-17(12)13/h10-11,18H,2-9H2,1H3. The summed E-state index contributed by atoms with van der Waals surface area (Å²) in [5.41, 5.74) is 0. The third kappa shape index (κ3) is 2.17. The summed E-state index contributed by atoms with van der Waals surface area (Å²) in [5.74, 6) is 3.16. The molecule has 5 nitrogen and oxygen atoms in total. The largest absolute Gasteiger partial charge is 0.396 e. The molecule has 1 N–H and O–H groups in total. The molecule has 0 amide bonds. The highest BCUT2D eigenvalue weighted by molar-refractivity contribution is 5.06. The molecule has 0 radical (unpaired) electrons. The third-order valence-electron chi connectivity index (χ3n) is 4.32. The molecule has 3 heterocycles. The maximum absolute atomic E-state index is 9.34. The van der Waals surface area contributed by atoms with Crippen LogP contribution in [0, 0.1) is 5.92 Å². The number of likely N-dealkylation sites (tertiary alicyclic amines) is 1. The van der Waals surface area contributed by atoms with Gasteiger partial charge in [0, 0.05) is 38.0 Å². The zero-order valence-electron chi connectivity index (χ0n) is 11.0. The van der Waals surface area contributed by atoms with Gasteiger partial charge in [-0.05, 0) is 32.9 Å². The highest BCUT2D eigenvalue weighted by Crippen LogP contribution is 2.28. The molecule has 2 aliphatic heterocycles. The summed E-state index contributed by atoms with van der Waals surface area (Å²) >= 11 is 0. The van der Waals surface area contributed by atoms with Gasteiger partial charge in [-0.2, -0.15) is 0 Å². The molecule has 1 fully saturated rings. The monoisotopic (exact) mass is 250 g/mol. The maximum Gasteiger partial charge on any atom is 0.137 e. The Hall–Kier alpha value is -0.940. The van der Waals surface area contributed by atoms with Crippen LogP contribution in [0.1, 0.15) is 36.8 Å². The Morgan fingerprint density at radius 3 is 2.94 bits per heavy atom. The van der Waals surface area contributed by atoms with Crippen LogP contribution < -0.4 is 0 Å². The summed E-state index contributed by atoms with van der Waals surface area (Å²) in [6.45, 7) is 3.45. The van der Waals surface area contributed by atoms with Crippen molar-refractivity contribution < 1.29 is 5.11 Å².